The molecule has 0 N–H and O–H groups in total. The monoisotopic (exact) mass is 728 g/mol. The maximum Gasteiger partial charge on any atom is 0.167 e. The fourth-order valence-corrected chi connectivity index (χ4v) is 9.31. The van der Waals surface area contributed by atoms with E-state index in [1.165, 1.54) is 32.9 Å². The van der Waals surface area contributed by atoms with Crippen molar-refractivity contribution >= 4 is 21.8 Å². The van der Waals surface area contributed by atoms with E-state index in [2.05, 4.69) is 162 Å². The molecule has 0 fully saturated rings. The smallest absolute Gasteiger partial charge is 0.167 e. The van der Waals surface area contributed by atoms with Crippen molar-refractivity contribution in [2.45, 2.75) is 5.41 Å². The number of hydrogen-bond donors (Lipinski definition) is 0. The number of aromatic nitrogens is 4. The Morgan fingerprint density at radius 3 is 1.74 bits per heavy atom. The second-order valence-corrected chi connectivity index (χ2v) is 14.7. The van der Waals surface area contributed by atoms with Crippen LogP contribution in [0.2, 0.25) is 0 Å². The summed E-state index contributed by atoms with van der Waals surface area (Å²) < 4.78 is 9.55. The third-order valence-corrected chi connectivity index (χ3v) is 11.7. The van der Waals surface area contributed by atoms with Gasteiger partial charge >= 0.3 is 0 Å². The standard InChI is InChI=1S/C52H32N4O/c1-3-15-33(16-4-1)34-29-31-36(32-30-34)50-53-49(35-17-5-2-6-18-35)54-51(55-50)39-21-14-25-43-48(39)57-46-28-12-9-23-41(46)52(43)40-22-8-11-27-45(40)56-44-26-10-7-19-37(44)38-20-13-24-42(52)47(38)56/h1-32H. The third-order valence-electron chi connectivity index (χ3n) is 11.7. The first-order valence-corrected chi connectivity index (χ1v) is 19.3. The predicted octanol–water partition coefficient (Wildman–Crippen LogP) is 12.4. The highest BCUT2D eigenvalue weighted by Crippen LogP contribution is 2.61. The molecule has 1 atom stereocenters. The average Bonchev–Trinajstić information content (AvgIpc) is 3.63. The van der Waals surface area contributed by atoms with Crippen molar-refractivity contribution in [2.24, 2.45) is 0 Å². The zero-order valence-electron chi connectivity index (χ0n) is 30.7. The first-order chi connectivity index (χ1) is 28.3. The molecular weight excluding hydrogens is 697 g/mol. The highest BCUT2D eigenvalue weighted by Gasteiger charge is 2.50. The second-order valence-electron chi connectivity index (χ2n) is 14.7. The predicted molar refractivity (Wildman–Crippen MR) is 228 cm³/mol. The number of para-hydroxylation sites is 5. The summed E-state index contributed by atoms with van der Waals surface area (Å²) >= 11 is 0. The van der Waals surface area contributed by atoms with Crippen LogP contribution in [-0.2, 0) is 5.41 Å². The molecule has 1 spiro atoms. The number of benzene rings is 8. The highest BCUT2D eigenvalue weighted by molar-refractivity contribution is 6.12. The molecule has 0 saturated heterocycles. The van der Waals surface area contributed by atoms with Crippen molar-refractivity contribution in [2.75, 3.05) is 0 Å². The summed E-state index contributed by atoms with van der Waals surface area (Å²) in [4.78, 5) is 15.5. The molecule has 12 rings (SSSR count). The van der Waals surface area contributed by atoms with Crippen LogP contribution >= 0.6 is 0 Å². The van der Waals surface area contributed by atoms with E-state index in [1.54, 1.807) is 0 Å². The van der Waals surface area contributed by atoms with Crippen LogP contribution in [0.15, 0.2) is 194 Å². The van der Waals surface area contributed by atoms with Crippen LogP contribution in [0.1, 0.15) is 22.3 Å². The molecule has 2 aliphatic rings. The topological polar surface area (TPSA) is 52.8 Å². The summed E-state index contributed by atoms with van der Waals surface area (Å²) in [6.45, 7) is 0. The van der Waals surface area contributed by atoms with Crippen LogP contribution in [0.4, 0.5) is 0 Å². The molecule has 5 nitrogen and oxygen atoms in total. The lowest BCUT2D eigenvalue weighted by Crippen LogP contribution is -2.38. The van der Waals surface area contributed by atoms with Gasteiger partial charge in [-0.2, -0.15) is 0 Å². The largest absolute Gasteiger partial charge is 0.456 e. The number of rotatable bonds is 4. The molecular formula is C52H32N4O. The molecule has 10 aromatic rings. The SMILES string of the molecule is c1ccc(-c2ccc(-c3nc(-c4ccccc4)nc(-c4cccc5c4Oc4ccccc4C54c5ccccc5-n5c6ccccc6c6cccc4c65)n3)cc2)cc1. The molecule has 0 radical (unpaired) electrons. The van der Waals surface area contributed by atoms with Crippen LogP contribution in [0.5, 0.6) is 11.5 Å². The minimum Gasteiger partial charge on any atom is -0.456 e. The van der Waals surface area contributed by atoms with Gasteiger partial charge in [-0.3, -0.25) is 0 Å². The molecule has 2 aliphatic heterocycles. The lowest BCUT2D eigenvalue weighted by Gasteiger charge is -2.45. The van der Waals surface area contributed by atoms with Crippen molar-refractivity contribution in [1.82, 2.24) is 19.5 Å². The number of fused-ring (bicyclic) bond motifs is 11. The normalized spacial score (nSPS) is 14.9. The van der Waals surface area contributed by atoms with Crippen LogP contribution in [0, 0.1) is 0 Å². The average molecular weight is 729 g/mol. The first kappa shape index (κ1) is 31.7. The Morgan fingerprint density at radius 1 is 0.386 bits per heavy atom. The van der Waals surface area contributed by atoms with Gasteiger partial charge in [0.1, 0.15) is 11.5 Å². The molecule has 0 aliphatic carbocycles. The molecule has 1 unspecified atom stereocenters. The summed E-state index contributed by atoms with van der Waals surface area (Å²) in [5.74, 6) is 3.29. The molecule has 0 bridgehead atoms. The summed E-state index contributed by atoms with van der Waals surface area (Å²) in [5, 5.41) is 2.46. The third kappa shape index (κ3) is 4.54. The van der Waals surface area contributed by atoms with Crippen molar-refractivity contribution in [3.05, 3.63) is 216 Å². The van der Waals surface area contributed by atoms with Crippen LogP contribution in [-0.4, -0.2) is 19.5 Å². The Balaban J connectivity index is 1.13. The van der Waals surface area contributed by atoms with E-state index in [0.29, 0.717) is 17.5 Å². The van der Waals surface area contributed by atoms with Gasteiger partial charge in [0.2, 0.25) is 0 Å². The quantitative estimate of drug-likeness (QED) is 0.181. The van der Waals surface area contributed by atoms with E-state index in [1.807, 2.05) is 36.4 Å². The van der Waals surface area contributed by atoms with Crippen molar-refractivity contribution in [3.8, 4) is 62.5 Å². The van der Waals surface area contributed by atoms with Gasteiger partial charge in [0, 0.05) is 33.0 Å². The number of nitrogens with zero attached hydrogens (tertiary/aromatic N) is 4. The van der Waals surface area contributed by atoms with Crippen molar-refractivity contribution in [1.29, 1.82) is 0 Å². The van der Waals surface area contributed by atoms with E-state index in [0.717, 1.165) is 56.1 Å². The van der Waals surface area contributed by atoms with E-state index in [-0.39, 0.29) is 0 Å². The van der Waals surface area contributed by atoms with E-state index >= 15 is 0 Å². The van der Waals surface area contributed by atoms with Gasteiger partial charge < -0.3 is 9.30 Å². The highest BCUT2D eigenvalue weighted by atomic mass is 16.5. The van der Waals surface area contributed by atoms with Gasteiger partial charge in [0.15, 0.2) is 17.5 Å². The zero-order chi connectivity index (χ0) is 37.5. The molecule has 266 valence electrons. The molecule has 5 heteroatoms. The Labute approximate surface area is 329 Å². The first-order valence-electron chi connectivity index (χ1n) is 19.3. The molecule has 0 amide bonds. The van der Waals surface area contributed by atoms with Crippen LogP contribution < -0.4 is 4.74 Å². The lowest BCUT2D eigenvalue weighted by atomic mass is 9.61. The maximum absolute atomic E-state index is 7.10. The summed E-state index contributed by atoms with van der Waals surface area (Å²) in [6, 6.07) is 68.3. The Morgan fingerprint density at radius 2 is 0.930 bits per heavy atom. The molecule has 2 aromatic heterocycles. The Kier molecular flexibility index (Phi) is 6.78. The summed E-state index contributed by atoms with van der Waals surface area (Å²) in [5.41, 5.74) is 12.3. The van der Waals surface area contributed by atoms with Crippen LogP contribution in [0.3, 0.4) is 0 Å². The van der Waals surface area contributed by atoms with Gasteiger partial charge in [-0.15, -0.1) is 0 Å². The molecule has 57 heavy (non-hydrogen) atoms. The van der Waals surface area contributed by atoms with Gasteiger partial charge in [-0.1, -0.05) is 170 Å². The van der Waals surface area contributed by atoms with Gasteiger partial charge in [0.05, 0.1) is 27.7 Å². The van der Waals surface area contributed by atoms with E-state index in [9.17, 15) is 0 Å². The van der Waals surface area contributed by atoms with Gasteiger partial charge in [-0.05, 0) is 46.5 Å². The lowest BCUT2D eigenvalue weighted by molar-refractivity contribution is 0.435. The molecule has 8 aromatic carbocycles. The van der Waals surface area contributed by atoms with Gasteiger partial charge in [-0.25, -0.2) is 15.0 Å². The van der Waals surface area contributed by atoms with Crippen molar-refractivity contribution < 1.29 is 4.74 Å². The zero-order valence-corrected chi connectivity index (χ0v) is 30.7. The summed E-state index contributed by atoms with van der Waals surface area (Å²) in [7, 11) is 0. The fraction of sp³-hybridized carbons (Fsp3) is 0.0192. The minimum atomic E-state index is -0.702. The molecule has 0 saturated carbocycles. The Hall–Kier alpha value is -7.63. The number of ether oxygens (including phenoxy) is 1. The molecule has 4 heterocycles. The van der Waals surface area contributed by atoms with Crippen LogP contribution in [0.25, 0.3) is 72.8 Å². The fourth-order valence-electron chi connectivity index (χ4n) is 9.31. The minimum absolute atomic E-state index is 0.550. The van der Waals surface area contributed by atoms with E-state index < -0.39 is 5.41 Å². The number of hydrogen-bond acceptors (Lipinski definition) is 4. The Bertz CT molecular complexity index is 3210. The van der Waals surface area contributed by atoms with Crippen molar-refractivity contribution in [3.63, 3.8) is 0 Å². The summed E-state index contributed by atoms with van der Waals surface area (Å²) in [6.07, 6.45) is 0. The maximum atomic E-state index is 7.10. The second kappa shape index (κ2) is 12.2. The van der Waals surface area contributed by atoms with Gasteiger partial charge in [0.25, 0.3) is 0 Å². The van der Waals surface area contributed by atoms with E-state index in [4.69, 9.17) is 19.7 Å².